The molecule has 2 amide bonds. The van der Waals surface area contributed by atoms with Crippen molar-refractivity contribution >= 4 is 22.8 Å². The predicted octanol–water partition coefficient (Wildman–Crippen LogP) is 2.66. The largest absolute Gasteiger partial charge is 0.342 e. The van der Waals surface area contributed by atoms with Gasteiger partial charge in [-0.2, -0.15) is 0 Å². The lowest BCUT2D eigenvalue weighted by atomic mass is 9.88. The van der Waals surface area contributed by atoms with Gasteiger partial charge in [-0.15, -0.1) is 0 Å². The fourth-order valence-corrected chi connectivity index (χ4v) is 4.36. The summed E-state index contributed by atoms with van der Waals surface area (Å²) >= 11 is 0. The van der Waals surface area contributed by atoms with Crippen LogP contribution < -0.4 is 0 Å². The lowest BCUT2D eigenvalue weighted by Gasteiger charge is -2.37. The van der Waals surface area contributed by atoms with E-state index in [0.29, 0.717) is 38.5 Å². The summed E-state index contributed by atoms with van der Waals surface area (Å²) in [4.78, 5) is 36.8. The molecule has 6 heteroatoms. The number of aromatic amines is 1. The summed E-state index contributed by atoms with van der Waals surface area (Å²) in [7, 11) is 0. The highest BCUT2D eigenvalue weighted by Gasteiger charge is 2.29. The van der Waals surface area contributed by atoms with E-state index in [-0.39, 0.29) is 11.8 Å². The number of H-pyrrole nitrogens is 1. The lowest BCUT2D eigenvalue weighted by Crippen LogP contribution is -2.52. The second-order valence-electron chi connectivity index (χ2n) is 7.89. The molecule has 1 aliphatic carbocycles. The first-order chi connectivity index (χ1) is 13.1. The van der Waals surface area contributed by atoms with Crippen LogP contribution in [0.4, 0.5) is 0 Å². The van der Waals surface area contributed by atoms with Gasteiger partial charge in [-0.05, 0) is 37.5 Å². The fraction of sp³-hybridized carbons (Fsp3) is 0.571. The number of fused-ring (bicyclic) bond motifs is 1. The molecule has 0 radical (unpaired) electrons. The third kappa shape index (κ3) is 3.99. The van der Waals surface area contributed by atoms with E-state index in [2.05, 4.69) is 9.97 Å². The number of hydrogen-bond acceptors (Lipinski definition) is 3. The van der Waals surface area contributed by atoms with Gasteiger partial charge in [-0.1, -0.05) is 25.3 Å². The van der Waals surface area contributed by atoms with Crippen molar-refractivity contribution < 1.29 is 9.59 Å². The van der Waals surface area contributed by atoms with E-state index in [1.807, 2.05) is 34.9 Å². The molecule has 27 heavy (non-hydrogen) atoms. The van der Waals surface area contributed by atoms with E-state index < -0.39 is 0 Å². The SMILES string of the molecule is Cc1nc2ccc(CC(=O)N3CCN(C(=O)C4CCCCC4)CC3)cc2[nH]1. The smallest absolute Gasteiger partial charge is 0.227 e. The third-order valence-corrected chi connectivity index (χ3v) is 5.92. The molecular formula is C21H28N4O2. The summed E-state index contributed by atoms with van der Waals surface area (Å²) in [6.45, 7) is 4.55. The Bertz CT molecular complexity index is 830. The normalized spacial score (nSPS) is 18.9. The van der Waals surface area contributed by atoms with Crippen LogP contribution in [0, 0.1) is 12.8 Å². The van der Waals surface area contributed by atoms with Gasteiger partial charge in [0.1, 0.15) is 5.82 Å². The number of piperazine rings is 1. The van der Waals surface area contributed by atoms with E-state index in [4.69, 9.17) is 0 Å². The number of amides is 2. The van der Waals surface area contributed by atoms with Crippen molar-refractivity contribution in [2.24, 2.45) is 5.92 Å². The first-order valence-electron chi connectivity index (χ1n) is 10.1. The molecule has 1 N–H and O–H groups in total. The van der Waals surface area contributed by atoms with Crippen LogP contribution in [0.3, 0.4) is 0 Å². The minimum absolute atomic E-state index is 0.135. The van der Waals surface area contributed by atoms with Gasteiger partial charge in [0, 0.05) is 32.1 Å². The van der Waals surface area contributed by atoms with E-state index in [1.165, 1.54) is 19.3 Å². The molecule has 1 aromatic carbocycles. The maximum absolute atomic E-state index is 12.7. The molecule has 2 heterocycles. The van der Waals surface area contributed by atoms with Crippen molar-refractivity contribution in [2.45, 2.75) is 45.4 Å². The number of aromatic nitrogens is 2. The average Bonchev–Trinajstić information content (AvgIpc) is 3.07. The molecule has 1 saturated carbocycles. The van der Waals surface area contributed by atoms with Crippen LogP contribution in [0.5, 0.6) is 0 Å². The van der Waals surface area contributed by atoms with Crippen molar-refractivity contribution in [3.8, 4) is 0 Å². The summed E-state index contributed by atoms with van der Waals surface area (Å²) in [6, 6.07) is 5.95. The van der Waals surface area contributed by atoms with E-state index >= 15 is 0 Å². The number of nitrogens with zero attached hydrogens (tertiary/aromatic N) is 3. The number of carbonyl (C=O) groups is 2. The molecule has 2 aromatic rings. The number of carbonyl (C=O) groups excluding carboxylic acids is 2. The van der Waals surface area contributed by atoms with Crippen LogP contribution >= 0.6 is 0 Å². The second kappa shape index (κ2) is 7.71. The summed E-state index contributed by atoms with van der Waals surface area (Å²) in [5.41, 5.74) is 2.90. The zero-order chi connectivity index (χ0) is 18.8. The average molecular weight is 368 g/mol. The Morgan fingerprint density at radius 1 is 1.07 bits per heavy atom. The molecule has 0 bridgehead atoms. The van der Waals surface area contributed by atoms with Gasteiger partial charge in [0.05, 0.1) is 17.5 Å². The number of hydrogen-bond donors (Lipinski definition) is 1. The van der Waals surface area contributed by atoms with E-state index in [9.17, 15) is 9.59 Å². The topological polar surface area (TPSA) is 69.3 Å². The first kappa shape index (κ1) is 18.0. The van der Waals surface area contributed by atoms with Crippen LogP contribution in [-0.4, -0.2) is 57.8 Å². The maximum Gasteiger partial charge on any atom is 0.227 e. The van der Waals surface area contributed by atoms with Crippen LogP contribution in [0.2, 0.25) is 0 Å². The standard InChI is InChI=1S/C21H28N4O2/c1-15-22-18-8-7-16(13-19(18)23-15)14-20(26)24-9-11-25(12-10-24)21(27)17-5-3-2-4-6-17/h7-8,13,17H,2-6,9-12,14H2,1H3,(H,22,23). The molecule has 1 aliphatic heterocycles. The van der Waals surface area contributed by atoms with Gasteiger partial charge in [0.15, 0.2) is 0 Å². The fourth-order valence-electron chi connectivity index (χ4n) is 4.36. The Kier molecular flexibility index (Phi) is 5.14. The zero-order valence-electron chi connectivity index (χ0n) is 16.0. The van der Waals surface area contributed by atoms with Crippen molar-refractivity contribution in [3.05, 3.63) is 29.6 Å². The van der Waals surface area contributed by atoms with Crippen LogP contribution in [-0.2, 0) is 16.0 Å². The van der Waals surface area contributed by atoms with Crippen molar-refractivity contribution in [2.75, 3.05) is 26.2 Å². The van der Waals surface area contributed by atoms with E-state index in [0.717, 1.165) is 35.3 Å². The molecule has 0 spiro atoms. The van der Waals surface area contributed by atoms with Gasteiger partial charge >= 0.3 is 0 Å². The van der Waals surface area contributed by atoms with Crippen molar-refractivity contribution in [1.82, 2.24) is 19.8 Å². The number of imidazole rings is 1. The van der Waals surface area contributed by atoms with Crippen molar-refractivity contribution in [3.63, 3.8) is 0 Å². The molecule has 4 rings (SSSR count). The number of aryl methyl sites for hydroxylation is 1. The predicted molar refractivity (Wildman–Crippen MR) is 104 cm³/mol. The molecule has 1 saturated heterocycles. The van der Waals surface area contributed by atoms with Crippen molar-refractivity contribution in [1.29, 1.82) is 0 Å². The van der Waals surface area contributed by atoms with E-state index in [1.54, 1.807) is 0 Å². The molecule has 144 valence electrons. The van der Waals surface area contributed by atoms with Gasteiger partial charge in [0.25, 0.3) is 0 Å². The lowest BCUT2D eigenvalue weighted by molar-refractivity contribution is -0.142. The summed E-state index contributed by atoms with van der Waals surface area (Å²) in [6.07, 6.45) is 6.08. The summed E-state index contributed by atoms with van der Waals surface area (Å²) < 4.78 is 0. The Labute approximate surface area is 159 Å². The molecule has 0 unspecified atom stereocenters. The molecule has 0 atom stereocenters. The van der Waals surface area contributed by atoms with Crippen LogP contribution in [0.25, 0.3) is 11.0 Å². The molecule has 2 fully saturated rings. The Morgan fingerprint density at radius 3 is 2.52 bits per heavy atom. The van der Waals surface area contributed by atoms with Gasteiger partial charge in [-0.25, -0.2) is 4.98 Å². The first-order valence-corrected chi connectivity index (χ1v) is 10.1. The number of rotatable bonds is 3. The molecular weight excluding hydrogens is 340 g/mol. The van der Waals surface area contributed by atoms with Gasteiger partial charge in [0.2, 0.25) is 11.8 Å². The minimum Gasteiger partial charge on any atom is -0.342 e. The minimum atomic E-state index is 0.135. The third-order valence-electron chi connectivity index (χ3n) is 5.92. The highest BCUT2D eigenvalue weighted by molar-refractivity contribution is 5.83. The summed E-state index contributed by atoms with van der Waals surface area (Å²) in [5, 5.41) is 0. The Hall–Kier alpha value is -2.37. The quantitative estimate of drug-likeness (QED) is 0.906. The Morgan fingerprint density at radius 2 is 1.78 bits per heavy atom. The monoisotopic (exact) mass is 368 g/mol. The maximum atomic E-state index is 12.7. The Balaban J connectivity index is 1.31. The summed E-state index contributed by atoms with van der Waals surface area (Å²) in [5.74, 6) is 1.54. The van der Waals surface area contributed by atoms with Gasteiger partial charge < -0.3 is 14.8 Å². The van der Waals surface area contributed by atoms with Gasteiger partial charge in [-0.3, -0.25) is 9.59 Å². The highest BCUT2D eigenvalue weighted by atomic mass is 16.2. The highest BCUT2D eigenvalue weighted by Crippen LogP contribution is 2.26. The number of nitrogens with one attached hydrogen (secondary N) is 1. The van der Waals surface area contributed by atoms with Crippen LogP contribution in [0.1, 0.15) is 43.5 Å². The molecule has 6 nitrogen and oxygen atoms in total. The number of benzene rings is 1. The second-order valence-corrected chi connectivity index (χ2v) is 7.89. The van der Waals surface area contributed by atoms with Crippen LogP contribution in [0.15, 0.2) is 18.2 Å². The molecule has 2 aliphatic rings. The molecule has 1 aromatic heterocycles. The zero-order valence-corrected chi connectivity index (χ0v) is 16.0.